The monoisotopic (exact) mass is 958 g/mol. The lowest BCUT2D eigenvalue weighted by atomic mass is 9.82. The first-order valence-electron chi connectivity index (χ1n) is 20.4. The number of nitrogens with two attached hydrogens (primary N) is 1. The van der Waals surface area contributed by atoms with Gasteiger partial charge in [0.05, 0.1) is 40.3 Å². The Labute approximate surface area is 381 Å². The molecule has 65 heavy (non-hydrogen) atoms. The van der Waals surface area contributed by atoms with Gasteiger partial charge in [-0.05, 0) is 76.4 Å². The fourth-order valence-corrected chi connectivity index (χ4v) is 9.50. The molecule has 1 fully saturated rings. The topological polar surface area (TPSA) is 296 Å². The van der Waals surface area contributed by atoms with Gasteiger partial charge in [0.15, 0.2) is 26.7 Å². The number of amides is 5. The maximum absolute atomic E-state index is 13.8. The highest BCUT2D eigenvalue weighted by Gasteiger charge is 2.40. The third-order valence-corrected chi connectivity index (χ3v) is 13.9. The lowest BCUT2D eigenvalue weighted by molar-refractivity contribution is -0.172. The van der Waals surface area contributed by atoms with Crippen LogP contribution in [-0.2, 0) is 65.8 Å². The molecule has 0 bridgehead atoms. The Bertz CT molecular complexity index is 2640. The molecule has 1 saturated heterocycles. The van der Waals surface area contributed by atoms with E-state index < -0.39 is 118 Å². The van der Waals surface area contributed by atoms with Crippen LogP contribution in [0.5, 0.6) is 0 Å². The average molecular weight is 959 g/mol. The minimum Gasteiger partial charge on any atom is -0.397 e. The number of benzene rings is 3. The summed E-state index contributed by atoms with van der Waals surface area (Å²) in [7, 11) is -7.93. The van der Waals surface area contributed by atoms with Crippen molar-refractivity contribution in [3.05, 3.63) is 76.9 Å². The standard InChI is InChI=1S/C42H51N7O13S3/c1-21(2)35(48-40(54)30-15-10-17-49(30)42(56)23(4)46-39(53)24(5)63)41(55)45-22(3)38(52)44-16-18-64(57,58)26-12-9-11-25(19-26)47-29-20-31(65(59,60)62-61-6)34(43)33-32(29)36(50)27-13-7-8-14-28(27)37(33)51/h7-9,11-14,19-24,30,35,47,63H,10,15-18,43H2,1-6H3,(H,44,52)(H,45,55)(H,46,53)(H,48,54)/p+1. The van der Waals surface area contributed by atoms with E-state index >= 15 is 0 Å². The van der Waals surface area contributed by atoms with E-state index in [1.54, 1.807) is 26.8 Å². The number of hydrogen-bond acceptors (Lipinski definition) is 15. The molecule has 3 aromatic carbocycles. The summed E-state index contributed by atoms with van der Waals surface area (Å²) in [6, 6.07) is 8.10. The Hall–Kier alpha value is -5.88. The lowest BCUT2D eigenvalue weighted by Gasteiger charge is -2.30. The largest absolute Gasteiger partial charge is 0.397 e. The van der Waals surface area contributed by atoms with Gasteiger partial charge in [0, 0.05) is 29.9 Å². The van der Waals surface area contributed by atoms with Crippen LogP contribution in [0, 0.1) is 5.92 Å². The molecule has 1 aliphatic heterocycles. The maximum atomic E-state index is 13.8. The number of ketones is 2. The second kappa shape index (κ2) is 20.5. The number of hydrogen-bond donors (Lipinski definition) is 6. The highest BCUT2D eigenvalue weighted by atomic mass is 32.2. The predicted molar refractivity (Wildman–Crippen MR) is 241 cm³/mol. The molecular weight excluding hydrogens is 907 g/mol. The van der Waals surface area contributed by atoms with Crippen molar-refractivity contribution in [2.24, 2.45) is 5.92 Å². The van der Waals surface area contributed by atoms with E-state index in [4.69, 9.17) is 5.73 Å². The molecule has 7 N–H and O–H groups in total. The van der Waals surface area contributed by atoms with E-state index in [1.807, 2.05) is 0 Å². The van der Waals surface area contributed by atoms with Crippen LogP contribution >= 0.6 is 0 Å². The van der Waals surface area contributed by atoms with Crippen LogP contribution in [0.15, 0.2) is 64.4 Å². The summed E-state index contributed by atoms with van der Waals surface area (Å²) in [6.07, 6.45) is 0.864. The molecule has 3 aromatic rings. The first kappa shape index (κ1) is 50.1. The Balaban J connectivity index is 1.24. The summed E-state index contributed by atoms with van der Waals surface area (Å²) in [6.45, 7) is 7.76. The minimum absolute atomic E-state index is 0.00675. The van der Waals surface area contributed by atoms with Gasteiger partial charge in [0.2, 0.25) is 23.6 Å². The van der Waals surface area contributed by atoms with Gasteiger partial charge < -0.3 is 37.2 Å². The van der Waals surface area contributed by atoms with Crippen molar-refractivity contribution < 1.29 is 59.6 Å². The first-order chi connectivity index (χ1) is 30.5. The molecule has 1 heterocycles. The van der Waals surface area contributed by atoms with Crippen molar-refractivity contribution in [2.75, 3.05) is 37.0 Å². The Morgan fingerprint density at radius 2 is 1.46 bits per heavy atom. The highest BCUT2D eigenvalue weighted by molar-refractivity contribution is 7.91. The van der Waals surface area contributed by atoms with Crippen molar-refractivity contribution in [1.82, 2.24) is 26.2 Å². The van der Waals surface area contributed by atoms with Gasteiger partial charge in [-0.15, -0.1) is 4.33 Å². The molecule has 0 saturated carbocycles. The number of carbonyl (C=O) groups is 7. The van der Waals surface area contributed by atoms with E-state index in [-0.39, 0.29) is 46.1 Å². The quantitative estimate of drug-likeness (QED) is 0.0342. The van der Waals surface area contributed by atoms with Crippen LogP contribution in [0.3, 0.4) is 0 Å². The minimum atomic E-state index is -4.74. The molecule has 5 amide bonds. The smallest absolute Gasteiger partial charge is 0.325 e. The van der Waals surface area contributed by atoms with Crippen LogP contribution in [0.4, 0.5) is 17.1 Å². The van der Waals surface area contributed by atoms with E-state index in [1.165, 1.54) is 61.2 Å². The number of anilines is 3. The van der Waals surface area contributed by atoms with Gasteiger partial charge in [-0.25, -0.2) is 13.3 Å². The zero-order chi connectivity index (χ0) is 48.1. The molecule has 0 radical (unpaired) electrons. The fraction of sp³-hybridized carbons (Fsp3) is 0.405. The molecule has 23 heteroatoms. The van der Waals surface area contributed by atoms with Crippen molar-refractivity contribution >= 4 is 90.7 Å². The van der Waals surface area contributed by atoms with Gasteiger partial charge in [-0.3, -0.25) is 33.6 Å². The van der Waals surface area contributed by atoms with E-state index in [2.05, 4.69) is 48.4 Å². The van der Waals surface area contributed by atoms with E-state index in [0.717, 1.165) is 13.2 Å². The molecule has 0 aromatic heterocycles. The normalized spacial score (nSPS) is 16.7. The number of fused-ring (bicyclic) bond motifs is 2. The summed E-state index contributed by atoms with van der Waals surface area (Å²) in [5.74, 6) is -5.27. The Morgan fingerprint density at radius 3 is 2.08 bits per heavy atom. The summed E-state index contributed by atoms with van der Waals surface area (Å²) in [4.78, 5) is 97.5. The SMILES string of the molecule is COOS(=O)(=O)c1cc(Nc2cccc(S(=O)(=O)CCNC(=O)C(C)NC(=O)C(NC(=O)C3CCCN3C(=O)C(C)NC(=O)C(C)[SH2+])C(C)C)c2)c2c(c1N)C(=O)c1ccccc1C2=O. The molecule has 0 spiro atoms. The zero-order valence-corrected chi connectivity index (χ0v) is 39.0. The summed E-state index contributed by atoms with van der Waals surface area (Å²) >= 11 is 3.21. The van der Waals surface area contributed by atoms with Crippen LogP contribution in [0.25, 0.3) is 0 Å². The molecular formula is C42H52N7O13S3+. The summed E-state index contributed by atoms with van der Waals surface area (Å²) in [5, 5.41) is 12.6. The van der Waals surface area contributed by atoms with E-state index in [0.29, 0.717) is 12.8 Å². The first-order valence-corrected chi connectivity index (χ1v) is 24.1. The second-order valence-corrected chi connectivity index (χ2v) is 20.3. The zero-order valence-electron chi connectivity index (χ0n) is 36.3. The van der Waals surface area contributed by atoms with Gasteiger partial charge in [0.25, 0.3) is 5.91 Å². The molecule has 350 valence electrons. The summed E-state index contributed by atoms with van der Waals surface area (Å²) < 4.78 is 57.5. The van der Waals surface area contributed by atoms with Gasteiger partial charge in [-0.2, -0.15) is 8.42 Å². The molecule has 2 aliphatic rings. The predicted octanol–water partition coefficient (Wildman–Crippen LogP) is 0.486. The number of carbonyl (C=O) groups excluding carboxylic acids is 7. The Kier molecular flexibility index (Phi) is 15.8. The Morgan fingerprint density at radius 1 is 0.831 bits per heavy atom. The summed E-state index contributed by atoms with van der Waals surface area (Å²) in [5.41, 5.74) is 4.87. The molecule has 5 rings (SSSR count). The van der Waals surface area contributed by atoms with Crippen molar-refractivity contribution in [3.63, 3.8) is 0 Å². The van der Waals surface area contributed by atoms with Crippen molar-refractivity contribution in [1.29, 1.82) is 0 Å². The van der Waals surface area contributed by atoms with Crippen LogP contribution in [-0.4, -0.2) is 118 Å². The van der Waals surface area contributed by atoms with Gasteiger partial charge in [-0.1, -0.05) is 44.2 Å². The lowest BCUT2D eigenvalue weighted by Crippen LogP contribution is -2.58. The third kappa shape index (κ3) is 11.2. The maximum Gasteiger partial charge on any atom is 0.325 e. The fourth-order valence-electron chi connectivity index (χ4n) is 7.33. The number of rotatable bonds is 18. The number of nitrogens with one attached hydrogen (secondary N) is 5. The molecule has 5 unspecified atom stereocenters. The van der Waals surface area contributed by atoms with Gasteiger partial charge in [0.1, 0.15) is 29.1 Å². The number of sulfone groups is 1. The number of nitrogen functional groups attached to an aromatic ring is 1. The third-order valence-electron chi connectivity index (χ3n) is 10.7. The van der Waals surface area contributed by atoms with Crippen LogP contribution in [0.1, 0.15) is 79.3 Å². The molecule has 1 aliphatic carbocycles. The second-order valence-electron chi connectivity index (χ2n) is 15.8. The number of likely N-dealkylation sites (tertiary alicyclic amines) is 1. The van der Waals surface area contributed by atoms with Crippen LogP contribution in [0.2, 0.25) is 0 Å². The molecule has 5 atom stereocenters. The van der Waals surface area contributed by atoms with Crippen molar-refractivity contribution in [3.8, 4) is 0 Å². The van der Waals surface area contributed by atoms with Crippen LogP contribution < -0.4 is 32.3 Å². The molecule has 20 nitrogen and oxygen atoms in total. The van der Waals surface area contributed by atoms with Gasteiger partial charge >= 0.3 is 10.1 Å². The average Bonchev–Trinajstić information content (AvgIpc) is 3.75. The highest BCUT2D eigenvalue weighted by Crippen LogP contribution is 2.40. The number of nitrogens with zero attached hydrogens (tertiary/aromatic N) is 1. The van der Waals surface area contributed by atoms with E-state index in [9.17, 15) is 50.4 Å². The van der Waals surface area contributed by atoms with Crippen molar-refractivity contribution in [2.45, 2.75) is 86.7 Å².